The van der Waals surface area contributed by atoms with E-state index >= 15 is 0 Å². The molecule has 1 heterocycles. The Bertz CT molecular complexity index is 971. The van der Waals surface area contributed by atoms with Crippen LogP contribution in [0.5, 0.6) is 0 Å². The maximum Gasteiger partial charge on any atom is 0.261 e. The Morgan fingerprint density at radius 2 is 1.50 bits per heavy atom. The van der Waals surface area contributed by atoms with Gasteiger partial charge in [-0.15, -0.1) is 0 Å². The van der Waals surface area contributed by atoms with E-state index in [0.717, 1.165) is 0 Å². The van der Waals surface area contributed by atoms with Gasteiger partial charge in [0.2, 0.25) is 0 Å². The SMILES string of the molecule is CPn1c(C)[n+](-c2ccccc2)c2cc3ccccc3cc21. The van der Waals surface area contributed by atoms with Gasteiger partial charge in [-0.1, -0.05) is 42.5 Å². The minimum absolute atomic E-state index is 0.715. The minimum Gasteiger partial charge on any atom is -0.212 e. The van der Waals surface area contributed by atoms with E-state index in [2.05, 4.69) is 89.2 Å². The van der Waals surface area contributed by atoms with Gasteiger partial charge < -0.3 is 0 Å². The van der Waals surface area contributed by atoms with Gasteiger partial charge in [0.25, 0.3) is 5.82 Å². The summed E-state index contributed by atoms with van der Waals surface area (Å²) in [5.74, 6) is 1.28. The third-order valence-electron chi connectivity index (χ3n) is 4.21. The number of hydrogen-bond acceptors (Lipinski definition) is 0. The quantitative estimate of drug-likeness (QED) is 0.382. The lowest BCUT2D eigenvalue weighted by molar-refractivity contribution is -0.574. The minimum atomic E-state index is 0.715. The first-order valence-corrected chi connectivity index (χ1v) is 8.93. The third-order valence-corrected chi connectivity index (χ3v) is 5.22. The lowest BCUT2D eigenvalue weighted by Gasteiger charge is -2.00. The van der Waals surface area contributed by atoms with Gasteiger partial charge in [0.1, 0.15) is 5.69 Å². The molecule has 0 aliphatic rings. The Kier molecular flexibility index (Phi) is 3.20. The number of aromatic nitrogens is 2. The summed E-state index contributed by atoms with van der Waals surface area (Å²) in [6.07, 6.45) is 0. The molecule has 0 aliphatic carbocycles. The fraction of sp³-hybridized carbons (Fsp3) is 0.105. The first kappa shape index (κ1) is 13.5. The Morgan fingerprint density at radius 3 is 2.18 bits per heavy atom. The molecule has 0 aliphatic heterocycles. The van der Waals surface area contributed by atoms with Crippen molar-refractivity contribution < 1.29 is 4.57 Å². The molecule has 0 bridgehead atoms. The van der Waals surface area contributed by atoms with Gasteiger partial charge in [-0.05, 0) is 41.7 Å². The Labute approximate surface area is 131 Å². The average molecular weight is 305 g/mol. The first-order chi connectivity index (χ1) is 10.8. The van der Waals surface area contributed by atoms with Crippen LogP contribution in [-0.2, 0) is 0 Å². The molecular formula is C19H18N2P+. The molecule has 4 aromatic rings. The average Bonchev–Trinajstić information content (AvgIpc) is 2.84. The fourth-order valence-corrected chi connectivity index (χ4v) is 4.05. The van der Waals surface area contributed by atoms with Crippen LogP contribution in [0.15, 0.2) is 66.7 Å². The second kappa shape index (κ2) is 5.23. The highest BCUT2D eigenvalue weighted by atomic mass is 31.1. The number of nitrogens with zero attached hydrogens (tertiary/aromatic N) is 2. The van der Waals surface area contributed by atoms with Crippen LogP contribution in [0.1, 0.15) is 5.82 Å². The second-order valence-corrected chi connectivity index (χ2v) is 6.36. The highest BCUT2D eigenvalue weighted by molar-refractivity contribution is 7.35. The Morgan fingerprint density at radius 1 is 0.864 bits per heavy atom. The normalized spacial score (nSPS) is 11.9. The van der Waals surface area contributed by atoms with Crippen LogP contribution < -0.4 is 4.57 Å². The molecule has 1 atom stereocenters. The van der Waals surface area contributed by atoms with Gasteiger partial charge in [-0.3, -0.25) is 0 Å². The van der Waals surface area contributed by atoms with Crippen LogP contribution in [0.3, 0.4) is 0 Å². The van der Waals surface area contributed by atoms with Crippen molar-refractivity contribution in [3.8, 4) is 5.69 Å². The van der Waals surface area contributed by atoms with E-state index in [9.17, 15) is 0 Å². The van der Waals surface area contributed by atoms with Crippen molar-refractivity contribution in [2.45, 2.75) is 6.92 Å². The highest BCUT2D eigenvalue weighted by Crippen LogP contribution is 2.28. The molecule has 2 nitrogen and oxygen atoms in total. The summed E-state index contributed by atoms with van der Waals surface area (Å²) in [7, 11) is 0.715. The van der Waals surface area contributed by atoms with Crippen LogP contribution in [0, 0.1) is 6.92 Å². The molecule has 0 saturated carbocycles. The molecule has 108 valence electrons. The van der Waals surface area contributed by atoms with Crippen LogP contribution in [0.4, 0.5) is 0 Å². The molecule has 0 radical (unpaired) electrons. The van der Waals surface area contributed by atoms with Crippen molar-refractivity contribution in [1.82, 2.24) is 4.34 Å². The van der Waals surface area contributed by atoms with Crippen LogP contribution in [0.25, 0.3) is 27.5 Å². The van der Waals surface area contributed by atoms with Crippen molar-refractivity contribution in [2.75, 3.05) is 6.66 Å². The molecule has 0 saturated heterocycles. The predicted octanol–water partition coefficient (Wildman–Crippen LogP) is 4.45. The standard InChI is InChI=1S/C19H18N2P/c1-14-20(17-10-4-3-5-11-17)18-12-15-8-6-7-9-16(15)13-19(18)21(14)22-2/h3-13,22H,1-2H3/q+1. The summed E-state index contributed by atoms with van der Waals surface area (Å²) in [5, 5.41) is 2.59. The summed E-state index contributed by atoms with van der Waals surface area (Å²) in [4.78, 5) is 0. The largest absolute Gasteiger partial charge is 0.261 e. The smallest absolute Gasteiger partial charge is 0.212 e. The number of fused-ring (bicyclic) bond motifs is 2. The van der Waals surface area contributed by atoms with Crippen molar-refractivity contribution in [3.63, 3.8) is 0 Å². The van der Waals surface area contributed by atoms with Crippen molar-refractivity contribution in [1.29, 1.82) is 0 Å². The van der Waals surface area contributed by atoms with Gasteiger partial charge in [-0.2, -0.15) is 4.57 Å². The molecule has 0 fully saturated rings. The van der Waals surface area contributed by atoms with Gasteiger partial charge in [-0.25, -0.2) is 4.34 Å². The molecule has 22 heavy (non-hydrogen) atoms. The Hall–Kier alpha value is -2.18. The molecule has 0 amide bonds. The van der Waals surface area contributed by atoms with E-state index in [1.54, 1.807) is 0 Å². The molecule has 4 rings (SSSR count). The topological polar surface area (TPSA) is 8.81 Å². The molecule has 3 aromatic carbocycles. The molecule has 1 unspecified atom stereocenters. The molecule has 0 spiro atoms. The second-order valence-electron chi connectivity index (χ2n) is 5.47. The Balaban J connectivity index is 2.16. The fourth-order valence-electron chi connectivity index (χ4n) is 3.21. The lowest BCUT2D eigenvalue weighted by Crippen LogP contribution is -2.32. The predicted molar refractivity (Wildman–Crippen MR) is 95.4 cm³/mol. The van der Waals surface area contributed by atoms with Crippen molar-refractivity contribution >= 4 is 30.5 Å². The maximum atomic E-state index is 2.41. The van der Waals surface area contributed by atoms with Gasteiger partial charge in [0.05, 0.1) is 8.73 Å². The number of imidazole rings is 1. The molecule has 3 heteroatoms. The zero-order valence-electron chi connectivity index (χ0n) is 12.7. The summed E-state index contributed by atoms with van der Waals surface area (Å²) in [6, 6.07) is 23.8. The van der Waals surface area contributed by atoms with Gasteiger partial charge in [0.15, 0.2) is 11.0 Å². The van der Waals surface area contributed by atoms with Gasteiger partial charge >= 0.3 is 0 Å². The van der Waals surface area contributed by atoms with E-state index in [4.69, 9.17) is 0 Å². The summed E-state index contributed by atoms with van der Waals surface area (Å²) < 4.78 is 4.77. The van der Waals surface area contributed by atoms with E-state index in [1.165, 1.54) is 33.3 Å². The van der Waals surface area contributed by atoms with Gasteiger partial charge in [0, 0.05) is 6.92 Å². The van der Waals surface area contributed by atoms with E-state index in [-0.39, 0.29) is 0 Å². The molecular weight excluding hydrogens is 287 g/mol. The van der Waals surface area contributed by atoms with Crippen molar-refractivity contribution in [2.24, 2.45) is 0 Å². The summed E-state index contributed by atoms with van der Waals surface area (Å²) in [6.45, 7) is 4.44. The zero-order chi connectivity index (χ0) is 15.1. The number of para-hydroxylation sites is 1. The number of rotatable bonds is 2. The van der Waals surface area contributed by atoms with Crippen LogP contribution >= 0.6 is 8.73 Å². The number of hydrogen-bond donors (Lipinski definition) is 0. The lowest BCUT2D eigenvalue weighted by atomic mass is 10.1. The maximum absolute atomic E-state index is 2.41. The summed E-state index contributed by atoms with van der Waals surface area (Å²) >= 11 is 0. The van der Waals surface area contributed by atoms with E-state index in [0.29, 0.717) is 8.73 Å². The van der Waals surface area contributed by atoms with E-state index in [1.807, 2.05) is 0 Å². The molecule has 0 N–H and O–H groups in total. The third kappa shape index (κ3) is 1.95. The number of benzene rings is 3. The van der Waals surface area contributed by atoms with Crippen LogP contribution in [-0.4, -0.2) is 11.0 Å². The van der Waals surface area contributed by atoms with E-state index < -0.39 is 0 Å². The molecule has 1 aromatic heterocycles. The monoisotopic (exact) mass is 305 g/mol. The summed E-state index contributed by atoms with van der Waals surface area (Å²) in [5.41, 5.74) is 3.80. The highest BCUT2D eigenvalue weighted by Gasteiger charge is 2.22. The van der Waals surface area contributed by atoms with Crippen molar-refractivity contribution in [3.05, 3.63) is 72.6 Å². The van der Waals surface area contributed by atoms with Crippen LogP contribution in [0.2, 0.25) is 0 Å². The zero-order valence-corrected chi connectivity index (χ0v) is 13.7. The first-order valence-electron chi connectivity index (χ1n) is 7.48.